The van der Waals surface area contributed by atoms with Gasteiger partial charge in [0, 0.05) is 39.5 Å². The highest BCUT2D eigenvalue weighted by molar-refractivity contribution is 5.92. The van der Waals surface area contributed by atoms with E-state index in [1.807, 2.05) is 37.4 Å². The van der Waals surface area contributed by atoms with E-state index in [0.29, 0.717) is 23.6 Å². The quantitative estimate of drug-likeness (QED) is 0.375. The summed E-state index contributed by atoms with van der Waals surface area (Å²) in [4.78, 5) is 13.4. The zero-order chi connectivity index (χ0) is 24.7. The largest absolute Gasteiger partial charge is 0.389 e. The van der Waals surface area contributed by atoms with Crippen LogP contribution >= 0.6 is 0 Å². The van der Waals surface area contributed by atoms with E-state index in [9.17, 15) is 9.50 Å². The predicted octanol–water partition coefficient (Wildman–Crippen LogP) is 5.02. The third-order valence-electron chi connectivity index (χ3n) is 5.81. The van der Waals surface area contributed by atoms with E-state index in [2.05, 4.69) is 15.1 Å². The average molecular weight is 469 g/mol. The molecule has 5 rings (SSSR count). The monoisotopic (exact) mass is 468 g/mol. The molecule has 0 unspecified atom stereocenters. The van der Waals surface area contributed by atoms with E-state index < -0.39 is 5.60 Å². The number of aliphatic hydroxyl groups is 1. The van der Waals surface area contributed by atoms with Gasteiger partial charge in [-0.1, -0.05) is 6.07 Å². The molecule has 0 aliphatic heterocycles. The van der Waals surface area contributed by atoms with Gasteiger partial charge in [-0.2, -0.15) is 5.10 Å². The van der Waals surface area contributed by atoms with Crippen LogP contribution in [0.4, 0.5) is 10.2 Å². The summed E-state index contributed by atoms with van der Waals surface area (Å²) in [5.41, 5.74) is 11.9. The molecule has 0 radical (unpaired) electrons. The van der Waals surface area contributed by atoms with Crippen molar-refractivity contribution in [3.63, 3.8) is 0 Å². The second kappa shape index (κ2) is 8.56. The average Bonchev–Trinajstić information content (AvgIpc) is 3.26. The molecular formula is C27H25FN6O. The Morgan fingerprint density at radius 1 is 0.971 bits per heavy atom. The zero-order valence-corrected chi connectivity index (χ0v) is 19.7. The second-order valence-electron chi connectivity index (χ2n) is 9.25. The van der Waals surface area contributed by atoms with Gasteiger partial charge in [0.25, 0.3) is 0 Å². The van der Waals surface area contributed by atoms with Gasteiger partial charge in [-0.3, -0.25) is 4.68 Å². The first-order valence-electron chi connectivity index (χ1n) is 11.2. The third-order valence-corrected chi connectivity index (χ3v) is 5.81. The number of nitrogens with two attached hydrogens (primary N) is 1. The Bertz CT molecular complexity index is 1540. The van der Waals surface area contributed by atoms with Crippen LogP contribution in [-0.4, -0.2) is 35.4 Å². The van der Waals surface area contributed by atoms with Crippen LogP contribution in [-0.2, 0) is 6.54 Å². The predicted molar refractivity (Wildman–Crippen MR) is 135 cm³/mol. The molecule has 0 amide bonds. The van der Waals surface area contributed by atoms with Crippen molar-refractivity contribution < 1.29 is 9.50 Å². The van der Waals surface area contributed by atoms with Crippen molar-refractivity contribution >= 4 is 16.7 Å². The number of anilines is 1. The molecule has 3 aromatic heterocycles. The fourth-order valence-electron chi connectivity index (χ4n) is 4.15. The molecule has 176 valence electrons. The Labute approximate surface area is 202 Å². The molecule has 0 bridgehead atoms. The maximum absolute atomic E-state index is 13.6. The Morgan fingerprint density at radius 3 is 2.46 bits per heavy atom. The first-order valence-corrected chi connectivity index (χ1v) is 11.2. The van der Waals surface area contributed by atoms with Crippen LogP contribution < -0.4 is 5.73 Å². The fraction of sp³-hybridized carbons (Fsp3) is 0.185. The number of aromatic nitrogens is 5. The highest BCUT2D eigenvalue weighted by Crippen LogP contribution is 2.38. The summed E-state index contributed by atoms with van der Waals surface area (Å²) in [5.74, 6) is 0.00813. The van der Waals surface area contributed by atoms with Crippen LogP contribution in [0.2, 0.25) is 0 Å². The fourth-order valence-corrected chi connectivity index (χ4v) is 4.15. The van der Waals surface area contributed by atoms with Crippen LogP contribution in [0.1, 0.15) is 19.5 Å². The Balaban J connectivity index is 1.70. The molecule has 0 spiro atoms. The SMILES string of the molecule is Cc1ncnc2ccc(-c3cc(-c4cnn(CC(C)(C)O)c4)c(N)nc3-c3ccc(F)cc3)cc12. The number of halogens is 1. The molecule has 2 aromatic carbocycles. The standard InChI is InChI=1S/C27H25FN6O/c1-16-21-10-18(6-9-24(21)31-15-30-16)22-11-23(19-12-32-34(13-19)14-27(2,3)35)26(29)33-25(22)17-4-7-20(28)8-5-17/h4-13,15,35H,14H2,1-3H3,(H2,29,33). The molecule has 3 heterocycles. The van der Waals surface area contributed by atoms with Gasteiger partial charge in [-0.25, -0.2) is 19.3 Å². The van der Waals surface area contributed by atoms with E-state index in [0.717, 1.165) is 38.9 Å². The molecule has 0 saturated carbocycles. The van der Waals surface area contributed by atoms with E-state index in [1.165, 1.54) is 12.1 Å². The van der Waals surface area contributed by atoms with Crippen molar-refractivity contribution in [2.24, 2.45) is 0 Å². The van der Waals surface area contributed by atoms with Crippen molar-refractivity contribution in [3.05, 3.63) is 78.8 Å². The first kappa shape index (κ1) is 22.6. The lowest BCUT2D eigenvalue weighted by Crippen LogP contribution is -2.26. The minimum absolute atomic E-state index is 0.322. The molecule has 0 atom stereocenters. The highest BCUT2D eigenvalue weighted by Gasteiger charge is 2.19. The maximum Gasteiger partial charge on any atom is 0.132 e. The summed E-state index contributed by atoms with van der Waals surface area (Å²) in [5, 5.41) is 15.5. The molecule has 0 fully saturated rings. The summed E-state index contributed by atoms with van der Waals surface area (Å²) >= 11 is 0. The van der Waals surface area contributed by atoms with Gasteiger partial charge in [-0.05, 0) is 68.8 Å². The normalized spacial score (nSPS) is 11.8. The van der Waals surface area contributed by atoms with Crippen molar-refractivity contribution in [1.29, 1.82) is 0 Å². The van der Waals surface area contributed by atoms with Crippen LogP contribution in [0.5, 0.6) is 0 Å². The number of pyridine rings is 1. The topological polar surface area (TPSA) is 103 Å². The number of hydrogen-bond acceptors (Lipinski definition) is 6. The molecule has 3 N–H and O–H groups in total. The van der Waals surface area contributed by atoms with Gasteiger partial charge < -0.3 is 10.8 Å². The maximum atomic E-state index is 13.6. The van der Waals surface area contributed by atoms with E-state index in [4.69, 9.17) is 10.7 Å². The zero-order valence-electron chi connectivity index (χ0n) is 19.7. The summed E-state index contributed by atoms with van der Waals surface area (Å²) in [6, 6.07) is 14.1. The van der Waals surface area contributed by atoms with Gasteiger partial charge in [0.05, 0.1) is 29.6 Å². The number of hydrogen-bond donors (Lipinski definition) is 2. The Kier molecular flexibility index (Phi) is 5.53. The van der Waals surface area contributed by atoms with Crippen LogP contribution in [0.25, 0.3) is 44.4 Å². The molecule has 0 aliphatic carbocycles. The third kappa shape index (κ3) is 4.61. The van der Waals surface area contributed by atoms with E-state index >= 15 is 0 Å². The Morgan fingerprint density at radius 2 is 1.71 bits per heavy atom. The minimum atomic E-state index is -0.907. The second-order valence-corrected chi connectivity index (χ2v) is 9.25. The molecule has 5 aromatic rings. The number of aryl methyl sites for hydroxylation is 1. The Hall–Kier alpha value is -4.17. The molecule has 0 aliphatic rings. The van der Waals surface area contributed by atoms with Gasteiger partial charge in [-0.15, -0.1) is 0 Å². The van der Waals surface area contributed by atoms with Crippen molar-refractivity contribution in [2.75, 3.05) is 5.73 Å². The summed E-state index contributed by atoms with van der Waals surface area (Å²) in [6.45, 7) is 5.74. The lowest BCUT2D eigenvalue weighted by atomic mass is 9.95. The minimum Gasteiger partial charge on any atom is -0.389 e. The van der Waals surface area contributed by atoms with Gasteiger partial charge in [0.2, 0.25) is 0 Å². The lowest BCUT2D eigenvalue weighted by Gasteiger charge is -2.16. The first-order chi connectivity index (χ1) is 16.7. The van der Waals surface area contributed by atoms with E-state index in [-0.39, 0.29) is 5.82 Å². The number of rotatable bonds is 5. The molecule has 8 heteroatoms. The van der Waals surface area contributed by atoms with Gasteiger partial charge >= 0.3 is 0 Å². The van der Waals surface area contributed by atoms with Crippen molar-refractivity contribution in [3.8, 4) is 33.5 Å². The van der Waals surface area contributed by atoms with E-state index in [1.54, 1.807) is 43.2 Å². The molecule has 0 saturated heterocycles. The van der Waals surface area contributed by atoms with Crippen LogP contribution in [0.3, 0.4) is 0 Å². The van der Waals surface area contributed by atoms with Gasteiger partial charge in [0.1, 0.15) is 18.0 Å². The smallest absolute Gasteiger partial charge is 0.132 e. The molecule has 35 heavy (non-hydrogen) atoms. The van der Waals surface area contributed by atoms with Crippen molar-refractivity contribution in [1.82, 2.24) is 24.7 Å². The van der Waals surface area contributed by atoms with Crippen molar-refractivity contribution in [2.45, 2.75) is 32.9 Å². The summed E-state index contributed by atoms with van der Waals surface area (Å²) in [6.07, 6.45) is 5.10. The summed E-state index contributed by atoms with van der Waals surface area (Å²) in [7, 11) is 0. The van der Waals surface area contributed by atoms with Crippen LogP contribution in [0, 0.1) is 12.7 Å². The van der Waals surface area contributed by atoms with Crippen LogP contribution in [0.15, 0.2) is 67.3 Å². The molecule has 7 nitrogen and oxygen atoms in total. The number of fused-ring (bicyclic) bond motifs is 1. The number of nitrogen functional groups attached to an aromatic ring is 1. The highest BCUT2D eigenvalue weighted by atomic mass is 19.1. The lowest BCUT2D eigenvalue weighted by molar-refractivity contribution is 0.0577. The molecular weight excluding hydrogens is 443 g/mol. The summed E-state index contributed by atoms with van der Waals surface area (Å²) < 4.78 is 15.3. The van der Waals surface area contributed by atoms with Gasteiger partial charge in [0.15, 0.2) is 0 Å². The number of benzene rings is 2. The number of nitrogens with zero attached hydrogens (tertiary/aromatic N) is 5.